The Bertz CT molecular complexity index is 253. The van der Waals surface area contributed by atoms with Crippen molar-refractivity contribution in [2.45, 2.75) is 45.2 Å². The molecule has 1 aliphatic carbocycles. The first-order valence-corrected chi connectivity index (χ1v) is 5.60. The topological polar surface area (TPSA) is 41.1 Å². The molecule has 0 bridgehead atoms. The van der Waals surface area contributed by atoms with Crippen LogP contribution in [0.1, 0.15) is 33.1 Å². The highest BCUT2D eigenvalue weighted by atomic mass is 16.2. The molecule has 0 heterocycles. The minimum atomic E-state index is -0.160. The predicted octanol–water partition coefficient (Wildman–Crippen LogP) is 0.902. The van der Waals surface area contributed by atoms with E-state index in [0.717, 1.165) is 5.92 Å². The Morgan fingerprint density at radius 3 is 2.73 bits per heavy atom. The zero-order chi connectivity index (χ0) is 11.3. The lowest BCUT2D eigenvalue weighted by Crippen LogP contribution is -2.45. The second kappa shape index (κ2) is 5.77. The predicted molar refractivity (Wildman–Crippen MR) is 61.2 cm³/mol. The van der Waals surface area contributed by atoms with Crippen LogP contribution in [0, 0.1) is 18.3 Å². The molecule has 0 aromatic carbocycles. The molecule has 0 radical (unpaired) electrons. The van der Waals surface area contributed by atoms with Crippen LogP contribution in [0.25, 0.3) is 0 Å². The number of terminal acetylenes is 1. The van der Waals surface area contributed by atoms with Gasteiger partial charge in [0.1, 0.15) is 0 Å². The molecule has 84 valence electrons. The third kappa shape index (κ3) is 4.85. The fourth-order valence-corrected chi connectivity index (χ4v) is 1.72. The fraction of sp³-hybridized carbons (Fsp3) is 0.750. The summed E-state index contributed by atoms with van der Waals surface area (Å²) in [6, 6.07) is 0.246. The lowest BCUT2D eigenvalue weighted by Gasteiger charge is -2.18. The number of amides is 1. The van der Waals surface area contributed by atoms with Crippen molar-refractivity contribution < 1.29 is 4.79 Å². The first kappa shape index (κ1) is 12.1. The second-order valence-electron chi connectivity index (χ2n) is 4.39. The van der Waals surface area contributed by atoms with E-state index in [-0.39, 0.29) is 11.9 Å². The summed E-state index contributed by atoms with van der Waals surface area (Å²) >= 11 is 0. The molecule has 1 fully saturated rings. The summed E-state index contributed by atoms with van der Waals surface area (Å²) in [7, 11) is 0. The molecule has 2 atom stereocenters. The molecule has 1 saturated carbocycles. The van der Waals surface area contributed by atoms with Crippen LogP contribution < -0.4 is 10.6 Å². The van der Waals surface area contributed by atoms with Gasteiger partial charge in [0.25, 0.3) is 0 Å². The van der Waals surface area contributed by atoms with Gasteiger partial charge in [-0.1, -0.05) is 18.8 Å². The molecule has 3 heteroatoms. The van der Waals surface area contributed by atoms with Crippen molar-refractivity contribution in [1.82, 2.24) is 10.6 Å². The summed E-state index contributed by atoms with van der Waals surface area (Å²) < 4.78 is 0. The number of hydrogen-bond donors (Lipinski definition) is 2. The SMILES string of the molecule is C#CCNC(=O)C(C)NC(C)CC1CC1. The lowest BCUT2D eigenvalue weighted by molar-refractivity contribution is -0.122. The van der Waals surface area contributed by atoms with Crippen LogP contribution >= 0.6 is 0 Å². The molecule has 15 heavy (non-hydrogen) atoms. The van der Waals surface area contributed by atoms with Crippen molar-refractivity contribution in [2.75, 3.05) is 6.54 Å². The molecule has 0 spiro atoms. The monoisotopic (exact) mass is 208 g/mol. The molecule has 3 nitrogen and oxygen atoms in total. The third-order valence-electron chi connectivity index (χ3n) is 2.68. The molecule has 0 saturated heterocycles. The normalized spacial score (nSPS) is 19.0. The van der Waals surface area contributed by atoms with Crippen LogP contribution in [0.3, 0.4) is 0 Å². The van der Waals surface area contributed by atoms with Gasteiger partial charge in [0.05, 0.1) is 12.6 Å². The van der Waals surface area contributed by atoms with Gasteiger partial charge in [0.2, 0.25) is 5.91 Å². The quantitative estimate of drug-likeness (QED) is 0.637. The van der Waals surface area contributed by atoms with Gasteiger partial charge < -0.3 is 10.6 Å². The van der Waals surface area contributed by atoms with E-state index in [0.29, 0.717) is 12.6 Å². The molecule has 1 aliphatic rings. The minimum Gasteiger partial charge on any atom is -0.344 e. The van der Waals surface area contributed by atoms with E-state index in [1.54, 1.807) is 0 Å². The maximum atomic E-state index is 11.5. The van der Waals surface area contributed by atoms with Crippen molar-refractivity contribution >= 4 is 5.91 Å². The average molecular weight is 208 g/mol. The first-order valence-electron chi connectivity index (χ1n) is 5.60. The Morgan fingerprint density at radius 2 is 2.20 bits per heavy atom. The maximum Gasteiger partial charge on any atom is 0.237 e. The third-order valence-corrected chi connectivity index (χ3v) is 2.68. The van der Waals surface area contributed by atoms with Crippen molar-refractivity contribution in [2.24, 2.45) is 5.92 Å². The van der Waals surface area contributed by atoms with E-state index >= 15 is 0 Å². The fourth-order valence-electron chi connectivity index (χ4n) is 1.72. The van der Waals surface area contributed by atoms with E-state index in [4.69, 9.17) is 6.42 Å². The zero-order valence-corrected chi connectivity index (χ0v) is 9.55. The molecule has 0 aromatic heterocycles. The highest BCUT2D eigenvalue weighted by Crippen LogP contribution is 2.33. The van der Waals surface area contributed by atoms with Gasteiger partial charge in [-0.3, -0.25) is 4.79 Å². The lowest BCUT2D eigenvalue weighted by atomic mass is 10.1. The summed E-state index contributed by atoms with van der Waals surface area (Å²) in [4.78, 5) is 11.5. The van der Waals surface area contributed by atoms with Gasteiger partial charge in [-0.25, -0.2) is 0 Å². The molecule has 0 aliphatic heterocycles. The Kier molecular flexibility index (Phi) is 4.64. The smallest absolute Gasteiger partial charge is 0.237 e. The van der Waals surface area contributed by atoms with E-state index in [1.165, 1.54) is 19.3 Å². The maximum absolute atomic E-state index is 11.5. The highest BCUT2D eigenvalue weighted by Gasteiger charge is 2.24. The van der Waals surface area contributed by atoms with Crippen LogP contribution in [-0.4, -0.2) is 24.5 Å². The van der Waals surface area contributed by atoms with Crippen LogP contribution in [-0.2, 0) is 4.79 Å². The summed E-state index contributed by atoms with van der Waals surface area (Å²) in [5, 5.41) is 5.95. The summed E-state index contributed by atoms with van der Waals surface area (Å²) in [5.41, 5.74) is 0. The molecule has 1 rings (SSSR count). The van der Waals surface area contributed by atoms with Gasteiger partial charge in [-0.2, -0.15) is 0 Å². The van der Waals surface area contributed by atoms with Crippen LogP contribution in [0.15, 0.2) is 0 Å². The molecule has 0 aromatic rings. The molecule has 2 unspecified atom stereocenters. The van der Waals surface area contributed by atoms with E-state index in [1.807, 2.05) is 6.92 Å². The van der Waals surface area contributed by atoms with Crippen LogP contribution in [0.4, 0.5) is 0 Å². The Labute approximate surface area is 92.0 Å². The standard InChI is InChI=1S/C12H20N2O/c1-4-7-13-12(15)10(3)14-9(2)8-11-5-6-11/h1,9-11,14H,5-8H2,2-3H3,(H,13,15). The van der Waals surface area contributed by atoms with Crippen molar-refractivity contribution in [3.8, 4) is 12.3 Å². The Balaban J connectivity index is 2.17. The number of carbonyl (C=O) groups excluding carboxylic acids is 1. The van der Waals surface area contributed by atoms with Crippen molar-refractivity contribution in [3.05, 3.63) is 0 Å². The second-order valence-corrected chi connectivity index (χ2v) is 4.39. The number of nitrogens with one attached hydrogen (secondary N) is 2. The molecular formula is C12H20N2O. The highest BCUT2D eigenvalue weighted by molar-refractivity contribution is 5.81. The van der Waals surface area contributed by atoms with Crippen LogP contribution in [0.5, 0.6) is 0 Å². The van der Waals surface area contributed by atoms with E-state index in [9.17, 15) is 4.79 Å². The Hall–Kier alpha value is -1.01. The number of carbonyl (C=O) groups is 1. The minimum absolute atomic E-state index is 0.0180. The molecule has 1 amide bonds. The number of hydrogen-bond acceptors (Lipinski definition) is 2. The van der Waals surface area contributed by atoms with Gasteiger partial charge in [0.15, 0.2) is 0 Å². The summed E-state index contributed by atoms with van der Waals surface area (Å²) in [6.07, 6.45) is 8.94. The Morgan fingerprint density at radius 1 is 1.53 bits per heavy atom. The van der Waals surface area contributed by atoms with Crippen LogP contribution in [0.2, 0.25) is 0 Å². The zero-order valence-electron chi connectivity index (χ0n) is 9.55. The average Bonchev–Trinajstić information content (AvgIpc) is 2.97. The first-order chi connectivity index (χ1) is 7.13. The van der Waals surface area contributed by atoms with E-state index < -0.39 is 0 Å². The van der Waals surface area contributed by atoms with Gasteiger partial charge in [-0.05, 0) is 26.2 Å². The van der Waals surface area contributed by atoms with Gasteiger partial charge >= 0.3 is 0 Å². The molecular weight excluding hydrogens is 188 g/mol. The van der Waals surface area contributed by atoms with Crippen molar-refractivity contribution in [1.29, 1.82) is 0 Å². The molecule has 2 N–H and O–H groups in total. The largest absolute Gasteiger partial charge is 0.344 e. The summed E-state index contributed by atoms with van der Waals surface area (Å²) in [5.74, 6) is 3.25. The van der Waals surface area contributed by atoms with E-state index in [2.05, 4.69) is 23.5 Å². The van der Waals surface area contributed by atoms with Crippen molar-refractivity contribution in [3.63, 3.8) is 0 Å². The van der Waals surface area contributed by atoms with Gasteiger partial charge in [-0.15, -0.1) is 6.42 Å². The number of rotatable bonds is 6. The summed E-state index contributed by atoms with van der Waals surface area (Å²) in [6.45, 7) is 4.31. The van der Waals surface area contributed by atoms with Gasteiger partial charge in [0, 0.05) is 6.04 Å².